The number of ether oxygens (including phenoxy) is 2. The van der Waals surface area contributed by atoms with Crippen LogP contribution in [0.1, 0.15) is 63.4 Å². The number of amides is 1. The number of aryl methyl sites for hydroxylation is 1. The van der Waals surface area contributed by atoms with Gasteiger partial charge in [-0.1, -0.05) is 18.2 Å². The van der Waals surface area contributed by atoms with Gasteiger partial charge in [0.15, 0.2) is 5.78 Å². The van der Waals surface area contributed by atoms with Crippen LogP contribution < -0.4 is 10.5 Å². The summed E-state index contributed by atoms with van der Waals surface area (Å²) in [7, 11) is 0. The molecule has 3 aliphatic rings. The highest BCUT2D eigenvalue weighted by atomic mass is 16.5. The summed E-state index contributed by atoms with van der Waals surface area (Å²) in [4.78, 5) is 31.8. The van der Waals surface area contributed by atoms with E-state index >= 15 is 0 Å². The monoisotopic (exact) mass is 511 g/mol. The van der Waals surface area contributed by atoms with E-state index in [2.05, 4.69) is 18.0 Å². The number of carbonyl (C=O) groups is 2. The Hall–Kier alpha value is -2.71. The van der Waals surface area contributed by atoms with Crippen molar-refractivity contribution in [1.82, 2.24) is 4.90 Å². The van der Waals surface area contributed by atoms with Crippen LogP contribution in [-0.4, -0.2) is 72.5 Å². The van der Waals surface area contributed by atoms with Crippen LogP contribution in [0.3, 0.4) is 0 Å². The van der Waals surface area contributed by atoms with Crippen molar-refractivity contribution in [2.24, 2.45) is 16.6 Å². The van der Waals surface area contributed by atoms with Crippen molar-refractivity contribution in [3.05, 3.63) is 41.1 Å². The van der Waals surface area contributed by atoms with Crippen molar-refractivity contribution < 1.29 is 24.2 Å². The van der Waals surface area contributed by atoms with Crippen LogP contribution in [0.25, 0.3) is 0 Å². The number of aliphatic hydroxyl groups excluding tert-OH is 1. The summed E-state index contributed by atoms with van der Waals surface area (Å²) in [5.74, 6) is 1.43. The van der Waals surface area contributed by atoms with Gasteiger partial charge in [-0.05, 0) is 75.8 Å². The molecule has 0 unspecified atom stereocenters. The summed E-state index contributed by atoms with van der Waals surface area (Å²) in [5.41, 5.74) is 9.22. The number of para-hydroxylation sites is 1. The molecule has 3 N–H and O–H groups in total. The first-order valence-corrected chi connectivity index (χ1v) is 13.7. The van der Waals surface area contributed by atoms with Gasteiger partial charge in [0, 0.05) is 30.8 Å². The van der Waals surface area contributed by atoms with Gasteiger partial charge < -0.3 is 25.2 Å². The van der Waals surface area contributed by atoms with Crippen molar-refractivity contribution >= 4 is 17.4 Å². The molecule has 1 amide bonds. The third-order valence-electron chi connectivity index (χ3n) is 7.83. The second-order valence-corrected chi connectivity index (χ2v) is 10.5. The third kappa shape index (κ3) is 7.42. The van der Waals surface area contributed by atoms with Crippen LogP contribution in [-0.2, 0) is 14.3 Å². The predicted molar refractivity (Wildman–Crippen MR) is 143 cm³/mol. The second-order valence-electron chi connectivity index (χ2n) is 10.5. The largest absolute Gasteiger partial charge is 0.490 e. The molecule has 8 nitrogen and oxygen atoms in total. The number of nitrogens with two attached hydrogens (primary N) is 1. The van der Waals surface area contributed by atoms with Crippen molar-refractivity contribution in [3.8, 4) is 5.75 Å². The Morgan fingerprint density at radius 1 is 1.19 bits per heavy atom. The zero-order valence-electron chi connectivity index (χ0n) is 22.0. The zero-order chi connectivity index (χ0) is 26.2. The van der Waals surface area contributed by atoms with E-state index in [9.17, 15) is 14.7 Å². The molecule has 3 fully saturated rings. The first-order valence-electron chi connectivity index (χ1n) is 13.7. The number of carbonyl (C=O) groups excluding carboxylic acids is 2. The van der Waals surface area contributed by atoms with Crippen molar-refractivity contribution in [2.75, 3.05) is 32.8 Å². The first-order chi connectivity index (χ1) is 17.9. The molecule has 1 aliphatic heterocycles. The van der Waals surface area contributed by atoms with Crippen molar-refractivity contribution in [2.45, 2.75) is 76.9 Å². The van der Waals surface area contributed by atoms with Gasteiger partial charge in [-0.25, -0.2) is 0 Å². The average molecular weight is 512 g/mol. The lowest BCUT2D eigenvalue weighted by Crippen LogP contribution is -2.48. The van der Waals surface area contributed by atoms with Gasteiger partial charge in [0.05, 0.1) is 32.0 Å². The molecule has 1 aromatic rings. The van der Waals surface area contributed by atoms with E-state index < -0.39 is 0 Å². The number of rotatable bonds is 9. The fraction of sp³-hybridized carbons (Fsp3) is 0.621. The molecule has 2 saturated carbocycles. The maximum Gasteiger partial charge on any atom is 0.270 e. The molecule has 1 saturated heterocycles. The lowest BCUT2D eigenvalue weighted by Gasteiger charge is -2.32. The lowest BCUT2D eigenvalue weighted by atomic mass is 9.84. The number of aliphatic hydroxyl groups is 1. The third-order valence-corrected chi connectivity index (χ3v) is 7.83. The van der Waals surface area contributed by atoms with Gasteiger partial charge in [0.1, 0.15) is 11.4 Å². The summed E-state index contributed by atoms with van der Waals surface area (Å²) in [5, 5.41) is 9.34. The lowest BCUT2D eigenvalue weighted by molar-refractivity contribution is -0.136. The molecule has 2 aliphatic carbocycles. The van der Waals surface area contributed by atoms with Gasteiger partial charge in [0.2, 0.25) is 0 Å². The Labute approximate surface area is 219 Å². The summed E-state index contributed by atoms with van der Waals surface area (Å²) in [6, 6.07) is 8.14. The SMILES string of the molecule is Cc1ccccc1OC1CCC(CCC(=O)CN=C2CCCC2=C(N)C(=O)N2CCO[C@@H](CO)C2)CC1. The summed E-state index contributed by atoms with van der Waals surface area (Å²) < 4.78 is 11.6. The zero-order valence-corrected chi connectivity index (χ0v) is 22.0. The van der Waals surface area contributed by atoms with Crippen molar-refractivity contribution in [1.29, 1.82) is 0 Å². The standard InChI is InChI=1S/C29H41N3O5/c1-20-5-2-3-8-27(20)37-23-13-10-21(11-14-23)9-12-22(34)17-31-26-7-4-6-25(26)28(30)29(35)32-15-16-36-24(18-32)19-33/h2-3,5,8,21,23-24,33H,4,6-7,9-19,30H2,1H3/t21?,23?,24-/m1/s1. The highest BCUT2D eigenvalue weighted by Crippen LogP contribution is 2.31. The molecule has 0 spiro atoms. The quantitative estimate of drug-likeness (QED) is 0.492. The summed E-state index contributed by atoms with van der Waals surface area (Å²) in [6.07, 6.45) is 7.86. The van der Waals surface area contributed by atoms with Gasteiger partial charge in [-0.2, -0.15) is 0 Å². The van der Waals surface area contributed by atoms with E-state index in [-0.39, 0.29) is 42.7 Å². The van der Waals surface area contributed by atoms with E-state index in [1.165, 1.54) is 5.56 Å². The van der Waals surface area contributed by atoms with E-state index in [0.717, 1.165) is 62.0 Å². The molecule has 8 heteroatoms. The number of benzene rings is 1. The second kappa shape index (κ2) is 13.2. The molecule has 1 atom stereocenters. The molecule has 1 heterocycles. The smallest absolute Gasteiger partial charge is 0.270 e. The van der Waals surface area contributed by atoms with Crippen molar-refractivity contribution in [3.63, 3.8) is 0 Å². The molecule has 0 radical (unpaired) electrons. The maximum absolute atomic E-state index is 12.9. The number of Topliss-reactive ketones (excluding diaryl/α,β-unsaturated/α-hetero) is 1. The van der Waals surface area contributed by atoms with Gasteiger partial charge in [0.25, 0.3) is 5.91 Å². The number of aliphatic imine (C=N–C) groups is 1. The maximum atomic E-state index is 12.9. The van der Waals surface area contributed by atoms with Crippen LogP contribution in [0.2, 0.25) is 0 Å². The van der Waals surface area contributed by atoms with Crippen LogP contribution in [0.15, 0.2) is 40.5 Å². The Kier molecular flexibility index (Phi) is 9.75. The number of nitrogens with zero attached hydrogens (tertiary/aromatic N) is 2. The number of allylic oxidation sites excluding steroid dienone is 1. The minimum Gasteiger partial charge on any atom is -0.490 e. The van der Waals surface area contributed by atoms with E-state index in [4.69, 9.17) is 15.2 Å². The summed E-state index contributed by atoms with van der Waals surface area (Å²) >= 11 is 0. The topological polar surface area (TPSA) is 114 Å². The Balaban J connectivity index is 1.22. The highest BCUT2D eigenvalue weighted by molar-refractivity contribution is 6.09. The fourth-order valence-corrected chi connectivity index (χ4v) is 5.54. The number of ketones is 1. The van der Waals surface area contributed by atoms with E-state index in [0.29, 0.717) is 38.5 Å². The summed E-state index contributed by atoms with van der Waals surface area (Å²) in [6.45, 7) is 3.26. The molecular formula is C29H41N3O5. The molecule has 1 aromatic carbocycles. The Morgan fingerprint density at radius 2 is 1.97 bits per heavy atom. The molecule has 0 aromatic heterocycles. The Morgan fingerprint density at radius 3 is 2.73 bits per heavy atom. The molecule has 202 valence electrons. The highest BCUT2D eigenvalue weighted by Gasteiger charge is 2.29. The predicted octanol–water partition coefficient (Wildman–Crippen LogP) is 3.34. The van der Waals surface area contributed by atoms with Crippen LogP contribution in [0.5, 0.6) is 5.75 Å². The number of hydrogen-bond donors (Lipinski definition) is 2. The van der Waals surface area contributed by atoms with Crippen LogP contribution in [0, 0.1) is 12.8 Å². The molecular weight excluding hydrogens is 470 g/mol. The molecule has 4 rings (SSSR count). The molecule has 0 bridgehead atoms. The fourth-order valence-electron chi connectivity index (χ4n) is 5.54. The van der Waals surface area contributed by atoms with E-state index in [1.54, 1.807) is 4.90 Å². The number of hydrogen-bond acceptors (Lipinski definition) is 7. The van der Waals surface area contributed by atoms with Crippen LogP contribution >= 0.6 is 0 Å². The normalized spacial score (nSPS) is 26.8. The average Bonchev–Trinajstić information content (AvgIpc) is 3.40. The van der Waals surface area contributed by atoms with Gasteiger partial charge in [-0.15, -0.1) is 0 Å². The molecule has 37 heavy (non-hydrogen) atoms. The van der Waals surface area contributed by atoms with Crippen LogP contribution in [0.4, 0.5) is 0 Å². The Bertz CT molecular complexity index is 1010. The van der Waals surface area contributed by atoms with Gasteiger partial charge in [-0.3, -0.25) is 14.6 Å². The number of morpholine rings is 1. The van der Waals surface area contributed by atoms with Gasteiger partial charge >= 0.3 is 0 Å². The van der Waals surface area contributed by atoms with E-state index in [1.807, 2.05) is 18.2 Å². The first kappa shape index (κ1) is 27.3. The minimum absolute atomic E-state index is 0.127. The minimum atomic E-state index is -0.375.